The Bertz CT molecular complexity index is 779. The highest BCUT2D eigenvalue weighted by atomic mass is 32.1. The number of carbonyl (C=O) groups is 1. The topological polar surface area (TPSA) is 49.3 Å². The fourth-order valence-corrected chi connectivity index (χ4v) is 3.27. The fraction of sp³-hybridized carbons (Fsp3) is 0.118. The number of aliphatic hydroxyl groups excluding tert-OH is 1. The van der Waals surface area contributed by atoms with Gasteiger partial charge in [0.2, 0.25) is 0 Å². The van der Waals surface area contributed by atoms with Crippen LogP contribution in [0.2, 0.25) is 0 Å². The summed E-state index contributed by atoms with van der Waals surface area (Å²) >= 11 is 1.70. The van der Waals surface area contributed by atoms with Gasteiger partial charge in [-0.1, -0.05) is 30.3 Å². The summed E-state index contributed by atoms with van der Waals surface area (Å²) in [6.45, 7) is 0.213. The van der Waals surface area contributed by atoms with E-state index in [9.17, 15) is 4.79 Å². The van der Waals surface area contributed by atoms with Crippen molar-refractivity contribution >= 4 is 27.3 Å². The van der Waals surface area contributed by atoms with Gasteiger partial charge in [-0.25, -0.2) is 0 Å². The molecule has 106 valence electrons. The van der Waals surface area contributed by atoms with E-state index in [4.69, 9.17) is 5.11 Å². The number of amides is 1. The number of rotatable bonds is 4. The van der Waals surface area contributed by atoms with Gasteiger partial charge in [-0.2, -0.15) is 0 Å². The lowest BCUT2D eigenvalue weighted by molar-refractivity contribution is 0.0945. The molecule has 1 heterocycles. The summed E-state index contributed by atoms with van der Waals surface area (Å²) in [5.41, 5.74) is 2.78. The monoisotopic (exact) mass is 297 g/mol. The number of thiophene rings is 1. The van der Waals surface area contributed by atoms with Crippen LogP contribution in [0.25, 0.3) is 21.2 Å². The normalized spacial score (nSPS) is 10.7. The van der Waals surface area contributed by atoms with Crippen molar-refractivity contribution in [1.82, 2.24) is 5.32 Å². The van der Waals surface area contributed by atoms with Crippen LogP contribution in [0.3, 0.4) is 0 Å². The molecule has 0 unspecified atom stereocenters. The quantitative estimate of drug-likeness (QED) is 0.776. The van der Waals surface area contributed by atoms with Gasteiger partial charge < -0.3 is 10.4 Å². The molecule has 0 aliphatic rings. The second-order valence-corrected chi connectivity index (χ2v) is 5.62. The van der Waals surface area contributed by atoms with E-state index >= 15 is 0 Å². The molecule has 0 radical (unpaired) electrons. The van der Waals surface area contributed by atoms with Crippen LogP contribution in [0.15, 0.2) is 53.9 Å². The standard InChI is InChI=1S/C17H15NO2S/c19-9-8-18-17(20)13-5-3-4-12(10-13)15-11-21-16-7-2-1-6-14(15)16/h1-7,10-11,19H,8-9H2,(H,18,20). The van der Waals surface area contributed by atoms with Gasteiger partial charge in [0.25, 0.3) is 5.91 Å². The van der Waals surface area contributed by atoms with Gasteiger partial charge in [0.1, 0.15) is 0 Å². The number of hydrogen-bond donors (Lipinski definition) is 2. The molecule has 0 spiro atoms. The van der Waals surface area contributed by atoms with Crippen molar-refractivity contribution in [1.29, 1.82) is 0 Å². The number of carbonyl (C=O) groups excluding carboxylic acids is 1. The van der Waals surface area contributed by atoms with E-state index in [1.165, 1.54) is 10.1 Å². The zero-order valence-corrected chi connectivity index (χ0v) is 12.2. The molecule has 0 saturated heterocycles. The third-order valence-corrected chi connectivity index (χ3v) is 4.28. The third kappa shape index (κ3) is 2.82. The maximum Gasteiger partial charge on any atom is 0.251 e. The molecule has 0 saturated carbocycles. The first-order chi connectivity index (χ1) is 10.3. The Kier molecular flexibility index (Phi) is 3.99. The molecule has 0 bridgehead atoms. The second kappa shape index (κ2) is 6.08. The number of nitrogens with one attached hydrogen (secondary N) is 1. The van der Waals surface area contributed by atoms with Crippen LogP contribution in [0.5, 0.6) is 0 Å². The van der Waals surface area contributed by atoms with Crippen molar-refractivity contribution in [3.63, 3.8) is 0 Å². The lowest BCUT2D eigenvalue weighted by Crippen LogP contribution is -2.26. The predicted molar refractivity (Wildman–Crippen MR) is 86.7 cm³/mol. The summed E-state index contributed by atoms with van der Waals surface area (Å²) in [6, 6.07) is 15.8. The molecule has 1 aromatic heterocycles. The molecule has 1 amide bonds. The maximum absolute atomic E-state index is 12.0. The molecule has 21 heavy (non-hydrogen) atoms. The predicted octanol–water partition coefficient (Wildman–Crippen LogP) is 3.29. The zero-order chi connectivity index (χ0) is 14.7. The van der Waals surface area contributed by atoms with Crippen molar-refractivity contribution in [2.45, 2.75) is 0 Å². The molecule has 0 aliphatic heterocycles. The first-order valence-electron chi connectivity index (χ1n) is 6.75. The van der Waals surface area contributed by atoms with Crippen molar-refractivity contribution < 1.29 is 9.90 Å². The van der Waals surface area contributed by atoms with E-state index in [1.54, 1.807) is 17.4 Å². The summed E-state index contributed by atoms with van der Waals surface area (Å²) in [6.07, 6.45) is 0. The van der Waals surface area contributed by atoms with Crippen LogP contribution in [0.4, 0.5) is 0 Å². The van der Waals surface area contributed by atoms with Crippen molar-refractivity contribution in [2.24, 2.45) is 0 Å². The average molecular weight is 297 g/mol. The third-order valence-electron chi connectivity index (χ3n) is 3.31. The van der Waals surface area contributed by atoms with Crippen LogP contribution in [0, 0.1) is 0 Å². The Morgan fingerprint density at radius 1 is 1.14 bits per heavy atom. The highest BCUT2D eigenvalue weighted by Gasteiger charge is 2.09. The Morgan fingerprint density at radius 3 is 2.86 bits per heavy atom. The Balaban J connectivity index is 1.98. The SMILES string of the molecule is O=C(NCCO)c1cccc(-c2csc3ccccc23)c1. The Labute approximate surface area is 126 Å². The van der Waals surface area contributed by atoms with E-state index in [0.717, 1.165) is 11.1 Å². The van der Waals surface area contributed by atoms with Crippen LogP contribution < -0.4 is 5.32 Å². The van der Waals surface area contributed by atoms with Crippen molar-refractivity contribution in [3.8, 4) is 11.1 Å². The van der Waals surface area contributed by atoms with Gasteiger partial charge in [-0.3, -0.25) is 4.79 Å². The van der Waals surface area contributed by atoms with Crippen LogP contribution in [0.1, 0.15) is 10.4 Å². The Morgan fingerprint density at radius 2 is 2.00 bits per heavy atom. The van der Waals surface area contributed by atoms with Crippen LogP contribution >= 0.6 is 11.3 Å². The molecule has 0 fully saturated rings. The Hall–Kier alpha value is -2.17. The van der Waals surface area contributed by atoms with E-state index in [0.29, 0.717) is 5.56 Å². The summed E-state index contributed by atoms with van der Waals surface area (Å²) in [5.74, 6) is -0.162. The van der Waals surface area contributed by atoms with E-state index < -0.39 is 0 Å². The molecule has 2 N–H and O–H groups in total. The number of benzene rings is 2. The largest absolute Gasteiger partial charge is 0.395 e. The van der Waals surface area contributed by atoms with Gasteiger partial charge in [0, 0.05) is 27.8 Å². The van der Waals surface area contributed by atoms with E-state index in [2.05, 4.69) is 22.8 Å². The van der Waals surface area contributed by atoms with Gasteiger partial charge >= 0.3 is 0 Å². The van der Waals surface area contributed by atoms with Crippen molar-refractivity contribution in [2.75, 3.05) is 13.2 Å². The lowest BCUT2D eigenvalue weighted by Gasteiger charge is -2.06. The first-order valence-corrected chi connectivity index (χ1v) is 7.63. The second-order valence-electron chi connectivity index (χ2n) is 4.71. The van der Waals surface area contributed by atoms with Crippen LogP contribution in [-0.4, -0.2) is 24.2 Å². The minimum Gasteiger partial charge on any atom is -0.395 e. The summed E-state index contributed by atoms with van der Waals surface area (Å²) in [5, 5.41) is 14.8. The molecular formula is C17H15NO2S. The lowest BCUT2D eigenvalue weighted by atomic mass is 10.0. The van der Waals surface area contributed by atoms with E-state index in [1.807, 2.05) is 30.3 Å². The van der Waals surface area contributed by atoms with Gasteiger partial charge in [0.15, 0.2) is 0 Å². The summed E-state index contributed by atoms with van der Waals surface area (Å²) < 4.78 is 1.24. The van der Waals surface area contributed by atoms with Crippen LogP contribution in [-0.2, 0) is 0 Å². The maximum atomic E-state index is 12.0. The molecule has 3 nitrogen and oxygen atoms in total. The number of fused-ring (bicyclic) bond motifs is 1. The molecular weight excluding hydrogens is 282 g/mol. The number of aliphatic hydroxyl groups is 1. The highest BCUT2D eigenvalue weighted by molar-refractivity contribution is 7.17. The minimum atomic E-state index is -0.162. The zero-order valence-electron chi connectivity index (χ0n) is 11.4. The smallest absolute Gasteiger partial charge is 0.251 e. The minimum absolute atomic E-state index is 0.0550. The molecule has 0 aliphatic carbocycles. The molecule has 3 aromatic rings. The van der Waals surface area contributed by atoms with Gasteiger partial charge in [-0.15, -0.1) is 11.3 Å². The molecule has 2 aromatic carbocycles. The average Bonchev–Trinajstić information content (AvgIpc) is 2.97. The molecule has 0 atom stereocenters. The highest BCUT2D eigenvalue weighted by Crippen LogP contribution is 2.33. The first kappa shape index (κ1) is 13.8. The van der Waals surface area contributed by atoms with E-state index in [-0.39, 0.29) is 19.1 Å². The molecule has 4 heteroatoms. The fourth-order valence-electron chi connectivity index (χ4n) is 2.30. The molecule has 3 rings (SSSR count). The van der Waals surface area contributed by atoms with Gasteiger partial charge in [0.05, 0.1) is 6.61 Å². The summed E-state index contributed by atoms with van der Waals surface area (Å²) in [7, 11) is 0. The van der Waals surface area contributed by atoms with Crippen molar-refractivity contribution in [3.05, 3.63) is 59.5 Å². The van der Waals surface area contributed by atoms with Gasteiger partial charge in [-0.05, 0) is 29.1 Å². The number of hydrogen-bond acceptors (Lipinski definition) is 3. The summed E-state index contributed by atoms with van der Waals surface area (Å²) in [4.78, 5) is 12.0.